The van der Waals surface area contributed by atoms with Crippen LogP contribution >= 0.6 is 0 Å². The summed E-state index contributed by atoms with van der Waals surface area (Å²) in [7, 11) is 0. The predicted molar refractivity (Wildman–Crippen MR) is 94.2 cm³/mol. The topological polar surface area (TPSA) is 58.6 Å². The van der Waals surface area contributed by atoms with Crippen molar-refractivity contribution in [3.8, 4) is 16.9 Å². The molecular weight excluding hydrogens is 302 g/mol. The van der Waals surface area contributed by atoms with Crippen LogP contribution in [0.1, 0.15) is 36.5 Å². The van der Waals surface area contributed by atoms with Crippen molar-refractivity contribution in [2.75, 3.05) is 13.2 Å². The number of carbonyl (C=O) groups is 1. The van der Waals surface area contributed by atoms with Gasteiger partial charge in [-0.15, -0.1) is 0 Å². The molecular formula is C20H23NO3. The highest BCUT2D eigenvalue weighted by molar-refractivity contribution is 5.95. The van der Waals surface area contributed by atoms with E-state index in [4.69, 9.17) is 4.74 Å². The van der Waals surface area contributed by atoms with Crippen LogP contribution in [-0.2, 0) is 0 Å². The van der Waals surface area contributed by atoms with E-state index in [1.54, 1.807) is 6.07 Å². The highest BCUT2D eigenvalue weighted by Gasteiger charge is 2.34. The first-order valence-electron chi connectivity index (χ1n) is 8.44. The molecule has 1 aliphatic carbocycles. The molecule has 0 heterocycles. The number of hydrogen-bond donors (Lipinski definition) is 2. The smallest absolute Gasteiger partial charge is 0.251 e. The molecule has 2 N–H and O–H groups in total. The summed E-state index contributed by atoms with van der Waals surface area (Å²) >= 11 is 0. The lowest BCUT2D eigenvalue weighted by atomic mass is 9.80. The second-order valence-electron chi connectivity index (χ2n) is 6.27. The number of rotatable bonds is 6. The van der Waals surface area contributed by atoms with Crippen LogP contribution < -0.4 is 10.1 Å². The van der Waals surface area contributed by atoms with Crippen molar-refractivity contribution in [2.24, 2.45) is 0 Å². The van der Waals surface area contributed by atoms with E-state index in [2.05, 4.69) is 5.32 Å². The molecule has 0 aromatic heterocycles. The monoisotopic (exact) mass is 325 g/mol. The zero-order valence-corrected chi connectivity index (χ0v) is 13.9. The predicted octanol–water partition coefficient (Wildman–Crippen LogP) is 3.40. The second kappa shape index (κ2) is 7.05. The summed E-state index contributed by atoms with van der Waals surface area (Å²) in [5.74, 6) is 0.646. The van der Waals surface area contributed by atoms with E-state index in [-0.39, 0.29) is 5.91 Å². The first-order chi connectivity index (χ1) is 11.6. The van der Waals surface area contributed by atoms with Gasteiger partial charge in [0, 0.05) is 17.7 Å². The van der Waals surface area contributed by atoms with Crippen molar-refractivity contribution < 1.29 is 14.6 Å². The maximum absolute atomic E-state index is 12.4. The van der Waals surface area contributed by atoms with E-state index < -0.39 is 5.60 Å². The Bertz CT molecular complexity index is 722. The summed E-state index contributed by atoms with van der Waals surface area (Å²) in [6.07, 6.45) is 2.54. The maximum atomic E-state index is 12.4. The third kappa shape index (κ3) is 3.60. The lowest BCUT2D eigenvalue weighted by Gasteiger charge is -2.36. The number of amides is 1. The summed E-state index contributed by atoms with van der Waals surface area (Å²) in [5.41, 5.74) is 1.77. The van der Waals surface area contributed by atoms with Gasteiger partial charge in [-0.3, -0.25) is 4.79 Å². The zero-order valence-electron chi connectivity index (χ0n) is 13.9. The van der Waals surface area contributed by atoms with Gasteiger partial charge in [0.2, 0.25) is 0 Å². The van der Waals surface area contributed by atoms with Crippen molar-refractivity contribution in [1.82, 2.24) is 5.32 Å². The Labute approximate surface area is 142 Å². The van der Waals surface area contributed by atoms with Gasteiger partial charge in [0.25, 0.3) is 5.91 Å². The third-order valence-electron chi connectivity index (χ3n) is 4.48. The molecule has 0 atom stereocenters. The number of aliphatic hydroxyl groups is 1. The van der Waals surface area contributed by atoms with Crippen LogP contribution in [0.25, 0.3) is 11.1 Å². The summed E-state index contributed by atoms with van der Waals surface area (Å²) in [6.45, 7) is 2.85. The average molecular weight is 325 g/mol. The SMILES string of the molecule is CCOc1ccccc1-c1cccc(C(=O)NCC2(O)CCC2)c1. The Balaban J connectivity index is 1.77. The van der Waals surface area contributed by atoms with E-state index in [9.17, 15) is 9.90 Å². The fraction of sp³-hybridized carbons (Fsp3) is 0.350. The minimum atomic E-state index is -0.713. The van der Waals surface area contributed by atoms with E-state index in [1.165, 1.54) is 0 Å². The number of benzene rings is 2. The first-order valence-corrected chi connectivity index (χ1v) is 8.44. The van der Waals surface area contributed by atoms with Gasteiger partial charge in [-0.2, -0.15) is 0 Å². The maximum Gasteiger partial charge on any atom is 0.251 e. The minimum absolute atomic E-state index is 0.161. The number of nitrogens with one attached hydrogen (secondary N) is 1. The van der Waals surface area contributed by atoms with Crippen LogP contribution in [0.4, 0.5) is 0 Å². The van der Waals surface area contributed by atoms with Crippen LogP contribution in [0.2, 0.25) is 0 Å². The summed E-state index contributed by atoms with van der Waals surface area (Å²) in [5, 5.41) is 12.9. The normalized spacial score (nSPS) is 15.4. The molecule has 0 radical (unpaired) electrons. The molecule has 1 fully saturated rings. The highest BCUT2D eigenvalue weighted by atomic mass is 16.5. The van der Waals surface area contributed by atoms with Gasteiger partial charge in [-0.25, -0.2) is 0 Å². The molecule has 0 aliphatic heterocycles. The first kappa shape index (κ1) is 16.5. The molecule has 1 amide bonds. The molecule has 126 valence electrons. The Hall–Kier alpha value is -2.33. The number of ether oxygens (including phenoxy) is 1. The van der Waals surface area contributed by atoms with Crippen LogP contribution in [0.15, 0.2) is 48.5 Å². The van der Waals surface area contributed by atoms with Gasteiger partial charge in [-0.1, -0.05) is 30.3 Å². The molecule has 0 unspecified atom stereocenters. The molecule has 0 saturated heterocycles. The Kier molecular flexibility index (Phi) is 4.86. The van der Waals surface area contributed by atoms with Gasteiger partial charge < -0.3 is 15.2 Å². The minimum Gasteiger partial charge on any atom is -0.493 e. The van der Waals surface area contributed by atoms with E-state index in [0.29, 0.717) is 18.7 Å². The van der Waals surface area contributed by atoms with E-state index in [0.717, 1.165) is 36.1 Å². The van der Waals surface area contributed by atoms with Crippen molar-refractivity contribution in [1.29, 1.82) is 0 Å². The molecule has 2 aromatic carbocycles. The Morgan fingerprint density at radius 3 is 2.71 bits per heavy atom. The van der Waals surface area contributed by atoms with Crippen LogP contribution in [0, 0.1) is 0 Å². The molecule has 2 aromatic rings. The molecule has 0 spiro atoms. The van der Waals surface area contributed by atoms with E-state index in [1.807, 2.05) is 49.4 Å². The van der Waals surface area contributed by atoms with Gasteiger partial charge in [0.05, 0.1) is 12.2 Å². The summed E-state index contributed by atoms with van der Waals surface area (Å²) in [4.78, 5) is 12.4. The molecule has 1 saturated carbocycles. The van der Waals surface area contributed by atoms with Crippen molar-refractivity contribution in [3.05, 3.63) is 54.1 Å². The third-order valence-corrected chi connectivity index (χ3v) is 4.48. The molecule has 0 bridgehead atoms. The number of para-hydroxylation sites is 1. The number of carbonyl (C=O) groups excluding carboxylic acids is 1. The molecule has 1 aliphatic rings. The second-order valence-corrected chi connectivity index (χ2v) is 6.27. The standard InChI is InChI=1S/C20H23NO3/c1-2-24-18-10-4-3-9-17(18)15-7-5-8-16(13-15)19(22)21-14-20(23)11-6-12-20/h3-5,7-10,13,23H,2,6,11-12,14H2,1H3,(H,21,22). The summed E-state index contributed by atoms with van der Waals surface area (Å²) < 4.78 is 5.67. The summed E-state index contributed by atoms with van der Waals surface area (Å²) in [6, 6.07) is 15.3. The van der Waals surface area contributed by atoms with Crippen LogP contribution in [0.3, 0.4) is 0 Å². The quantitative estimate of drug-likeness (QED) is 0.856. The van der Waals surface area contributed by atoms with Crippen LogP contribution in [-0.4, -0.2) is 29.8 Å². The molecule has 4 nitrogen and oxygen atoms in total. The fourth-order valence-corrected chi connectivity index (χ4v) is 2.92. The van der Waals surface area contributed by atoms with Crippen molar-refractivity contribution >= 4 is 5.91 Å². The molecule has 4 heteroatoms. The largest absolute Gasteiger partial charge is 0.493 e. The zero-order chi connectivity index (χ0) is 17.0. The van der Waals surface area contributed by atoms with Crippen molar-refractivity contribution in [3.63, 3.8) is 0 Å². The molecule has 24 heavy (non-hydrogen) atoms. The fourth-order valence-electron chi connectivity index (χ4n) is 2.92. The number of hydrogen-bond acceptors (Lipinski definition) is 3. The lowest BCUT2D eigenvalue weighted by molar-refractivity contribution is -0.0300. The van der Waals surface area contributed by atoms with E-state index >= 15 is 0 Å². The molecule has 3 rings (SSSR count). The highest BCUT2D eigenvalue weighted by Crippen LogP contribution is 2.31. The lowest BCUT2D eigenvalue weighted by Crippen LogP contribution is -2.47. The Morgan fingerprint density at radius 2 is 2.00 bits per heavy atom. The van der Waals surface area contributed by atoms with Gasteiger partial charge in [0.1, 0.15) is 5.75 Å². The van der Waals surface area contributed by atoms with Crippen LogP contribution in [0.5, 0.6) is 5.75 Å². The van der Waals surface area contributed by atoms with Gasteiger partial charge in [-0.05, 0) is 49.9 Å². The average Bonchev–Trinajstić information content (AvgIpc) is 2.59. The van der Waals surface area contributed by atoms with Gasteiger partial charge in [0.15, 0.2) is 0 Å². The van der Waals surface area contributed by atoms with Crippen molar-refractivity contribution in [2.45, 2.75) is 31.8 Å². The van der Waals surface area contributed by atoms with Gasteiger partial charge >= 0.3 is 0 Å². The Morgan fingerprint density at radius 1 is 1.21 bits per heavy atom.